The maximum atomic E-state index is 6.13. The summed E-state index contributed by atoms with van der Waals surface area (Å²) in [6.07, 6.45) is 0. The van der Waals surface area contributed by atoms with E-state index in [1.54, 1.807) is 0 Å². The van der Waals surface area contributed by atoms with Crippen molar-refractivity contribution in [3.63, 3.8) is 0 Å². The van der Waals surface area contributed by atoms with Crippen LogP contribution in [0.2, 0.25) is 0 Å². The van der Waals surface area contributed by atoms with E-state index < -0.39 is 0 Å². The van der Waals surface area contributed by atoms with Crippen LogP contribution in [0.5, 0.6) is 0 Å². The molecule has 0 aliphatic heterocycles. The molecule has 0 spiro atoms. The molecule has 0 saturated heterocycles. The highest BCUT2D eigenvalue weighted by molar-refractivity contribution is 6.20. The number of furan rings is 1. The number of para-hydroxylation sites is 1. The maximum Gasteiger partial charge on any atom is 0.135 e. The van der Waals surface area contributed by atoms with Crippen LogP contribution >= 0.6 is 0 Å². The molecular weight excluding hydrogens is 631 g/mol. The molecular formula is C50H31NO. The van der Waals surface area contributed by atoms with E-state index in [9.17, 15) is 0 Å². The van der Waals surface area contributed by atoms with Gasteiger partial charge in [0, 0.05) is 33.1 Å². The lowest BCUT2D eigenvalue weighted by Crippen LogP contribution is -2.15. The zero-order valence-electron chi connectivity index (χ0n) is 28.3. The van der Waals surface area contributed by atoms with Gasteiger partial charge in [0.1, 0.15) is 11.2 Å². The third kappa shape index (κ3) is 4.44. The normalized spacial score (nSPS) is 11.8. The number of nitrogens with zero attached hydrogens (tertiary/aromatic N) is 1. The largest absolute Gasteiger partial charge is 0.456 e. The first-order valence-electron chi connectivity index (χ1n) is 17.8. The van der Waals surface area contributed by atoms with E-state index in [-0.39, 0.29) is 0 Å². The maximum absolute atomic E-state index is 6.13. The standard InChI is InChI=1S/C50H31NO/c1-2-10-32(11-3-1)33-18-23-39(24-19-33)51(40-25-20-34(21-26-40)37-22-27-48-44(29-37)42-16-8-9-17-47(42)52-48)50-41-15-7-6-14-38(41)31-46-43-28-35-12-4-5-13-36(35)30-45(43)49(46)50/h1-31H. The number of fused-ring (bicyclic) bond motifs is 9. The molecule has 0 unspecified atom stereocenters. The van der Waals surface area contributed by atoms with E-state index in [2.05, 4.69) is 181 Å². The van der Waals surface area contributed by atoms with Crippen molar-refractivity contribution in [2.45, 2.75) is 0 Å². The smallest absolute Gasteiger partial charge is 0.135 e. The minimum Gasteiger partial charge on any atom is -0.456 e. The molecule has 0 atom stereocenters. The van der Waals surface area contributed by atoms with E-state index in [0.29, 0.717) is 0 Å². The molecule has 1 aliphatic rings. The predicted molar refractivity (Wildman–Crippen MR) is 219 cm³/mol. The average molecular weight is 662 g/mol. The summed E-state index contributed by atoms with van der Waals surface area (Å²) < 4.78 is 6.13. The molecule has 10 aromatic rings. The highest BCUT2D eigenvalue weighted by Gasteiger charge is 2.31. The lowest BCUT2D eigenvalue weighted by Gasteiger charge is -2.35. The average Bonchev–Trinajstić information content (AvgIpc) is 3.59. The predicted octanol–water partition coefficient (Wildman–Crippen LogP) is 14.3. The number of hydrogen-bond acceptors (Lipinski definition) is 2. The van der Waals surface area contributed by atoms with Crippen LogP contribution in [0.3, 0.4) is 0 Å². The molecule has 1 heterocycles. The van der Waals surface area contributed by atoms with Crippen LogP contribution in [-0.2, 0) is 0 Å². The Hall–Kier alpha value is -6.90. The third-order valence-corrected chi connectivity index (χ3v) is 10.8. The molecule has 0 radical (unpaired) electrons. The molecule has 52 heavy (non-hydrogen) atoms. The molecule has 0 saturated carbocycles. The molecule has 2 nitrogen and oxygen atoms in total. The Kier molecular flexibility index (Phi) is 6.28. The van der Waals surface area contributed by atoms with Crippen LogP contribution in [0.4, 0.5) is 17.1 Å². The monoisotopic (exact) mass is 661 g/mol. The Morgan fingerprint density at radius 3 is 1.58 bits per heavy atom. The summed E-state index contributed by atoms with van der Waals surface area (Å²) in [6.45, 7) is 0. The molecule has 242 valence electrons. The topological polar surface area (TPSA) is 16.4 Å². The molecule has 2 heteroatoms. The second-order valence-electron chi connectivity index (χ2n) is 13.7. The molecule has 0 N–H and O–H groups in total. The van der Waals surface area contributed by atoms with Gasteiger partial charge >= 0.3 is 0 Å². The van der Waals surface area contributed by atoms with E-state index in [1.165, 1.54) is 66.2 Å². The fourth-order valence-corrected chi connectivity index (χ4v) is 8.20. The fourth-order valence-electron chi connectivity index (χ4n) is 8.20. The minimum atomic E-state index is 0.911. The Bertz CT molecular complexity index is 2990. The van der Waals surface area contributed by atoms with Crippen molar-refractivity contribution in [1.29, 1.82) is 0 Å². The van der Waals surface area contributed by atoms with Gasteiger partial charge in [-0.25, -0.2) is 0 Å². The van der Waals surface area contributed by atoms with Gasteiger partial charge in [0.05, 0.1) is 5.69 Å². The first kappa shape index (κ1) is 28.9. The van der Waals surface area contributed by atoms with Crippen LogP contribution < -0.4 is 4.90 Å². The van der Waals surface area contributed by atoms with E-state index in [4.69, 9.17) is 4.42 Å². The fraction of sp³-hybridized carbons (Fsp3) is 0. The number of benzene rings is 9. The van der Waals surface area contributed by atoms with E-state index >= 15 is 0 Å². The van der Waals surface area contributed by atoms with Crippen molar-refractivity contribution in [3.8, 4) is 44.5 Å². The highest BCUT2D eigenvalue weighted by Crippen LogP contribution is 2.58. The molecule has 9 aromatic carbocycles. The van der Waals surface area contributed by atoms with Gasteiger partial charge in [-0.3, -0.25) is 0 Å². The molecule has 0 amide bonds. The van der Waals surface area contributed by atoms with Gasteiger partial charge in [-0.15, -0.1) is 0 Å². The van der Waals surface area contributed by atoms with E-state index in [1.807, 2.05) is 12.1 Å². The van der Waals surface area contributed by atoms with Crippen molar-refractivity contribution in [2.75, 3.05) is 4.90 Å². The Morgan fingerprint density at radius 2 is 0.846 bits per heavy atom. The summed E-state index contributed by atoms with van der Waals surface area (Å²) in [5, 5.41) is 7.27. The quantitative estimate of drug-likeness (QED) is 0.182. The summed E-state index contributed by atoms with van der Waals surface area (Å²) >= 11 is 0. The lowest BCUT2D eigenvalue weighted by molar-refractivity contribution is 0.669. The molecule has 0 fully saturated rings. The molecule has 1 aliphatic carbocycles. The van der Waals surface area contributed by atoms with Gasteiger partial charge in [0.25, 0.3) is 0 Å². The van der Waals surface area contributed by atoms with Crippen molar-refractivity contribution in [1.82, 2.24) is 0 Å². The number of hydrogen-bond donors (Lipinski definition) is 0. The zero-order chi connectivity index (χ0) is 34.2. The second-order valence-corrected chi connectivity index (χ2v) is 13.7. The molecule has 0 bridgehead atoms. The number of rotatable bonds is 5. The summed E-state index contributed by atoms with van der Waals surface area (Å²) in [5.41, 5.74) is 15.2. The highest BCUT2D eigenvalue weighted by atomic mass is 16.3. The van der Waals surface area contributed by atoms with Crippen LogP contribution in [0.25, 0.3) is 88.0 Å². The first-order chi connectivity index (χ1) is 25.8. The molecule has 11 rings (SSSR count). The van der Waals surface area contributed by atoms with Crippen molar-refractivity contribution in [2.24, 2.45) is 0 Å². The van der Waals surface area contributed by atoms with Gasteiger partial charge in [-0.2, -0.15) is 0 Å². The zero-order valence-corrected chi connectivity index (χ0v) is 28.3. The van der Waals surface area contributed by atoms with Gasteiger partial charge < -0.3 is 9.32 Å². The van der Waals surface area contributed by atoms with Crippen molar-refractivity contribution in [3.05, 3.63) is 188 Å². The Morgan fingerprint density at radius 1 is 0.327 bits per heavy atom. The van der Waals surface area contributed by atoms with Gasteiger partial charge in [0.15, 0.2) is 0 Å². The lowest BCUT2D eigenvalue weighted by atomic mass is 9.76. The summed E-state index contributed by atoms with van der Waals surface area (Å²) in [5.74, 6) is 0. The van der Waals surface area contributed by atoms with Crippen LogP contribution in [0.15, 0.2) is 192 Å². The van der Waals surface area contributed by atoms with Gasteiger partial charge in [-0.05, 0) is 116 Å². The minimum absolute atomic E-state index is 0.911. The summed E-state index contributed by atoms with van der Waals surface area (Å²) in [6, 6.07) is 68.1. The van der Waals surface area contributed by atoms with Gasteiger partial charge in [-0.1, -0.05) is 127 Å². The van der Waals surface area contributed by atoms with Gasteiger partial charge in [0.2, 0.25) is 0 Å². The Labute approximate surface area is 301 Å². The SMILES string of the molecule is c1ccc(-c2ccc(N(c3ccc(-c4ccc5oc6ccccc6c5c4)cc3)c3c4c(cc5ccccc35)-c3cc5ccccc5cc3-4)cc2)cc1. The molecule has 1 aromatic heterocycles. The third-order valence-electron chi connectivity index (χ3n) is 10.8. The van der Waals surface area contributed by atoms with Crippen molar-refractivity contribution >= 4 is 60.5 Å². The first-order valence-corrected chi connectivity index (χ1v) is 17.8. The number of anilines is 3. The van der Waals surface area contributed by atoms with Crippen LogP contribution in [0.1, 0.15) is 0 Å². The van der Waals surface area contributed by atoms with Crippen molar-refractivity contribution < 1.29 is 4.42 Å². The van der Waals surface area contributed by atoms with Crippen LogP contribution in [0, 0.1) is 0 Å². The van der Waals surface area contributed by atoms with E-state index in [0.717, 1.165) is 38.9 Å². The second kappa shape index (κ2) is 11.3. The summed E-state index contributed by atoms with van der Waals surface area (Å²) in [4.78, 5) is 2.46. The Balaban J connectivity index is 1.10. The summed E-state index contributed by atoms with van der Waals surface area (Å²) in [7, 11) is 0. The van der Waals surface area contributed by atoms with Crippen LogP contribution in [-0.4, -0.2) is 0 Å².